The highest BCUT2D eigenvalue weighted by atomic mass is 32.2. The van der Waals surface area contributed by atoms with Crippen LogP contribution in [0.4, 0.5) is 5.69 Å². The molecule has 0 fully saturated rings. The number of imidazole rings is 1. The zero-order valence-electron chi connectivity index (χ0n) is 16.0. The molecular formula is C20H18N4O4S. The Morgan fingerprint density at radius 1 is 1.10 bits per heavy atom. The Bertz CT molecular complexity index is 1380. The number of H-pyrrole nitrogens is 1. The molecule has 2 aromatic heterocycles. The van der Waals surface area contributed by atoms with Crippen LogP contribution in [-0.2, 0) is 15.3 Å². The fraction of sp³-hybridized carbons (Fsp3) is 0.200. The Kier molecular flexibility index (Phi) is 4.16. The molecule has 0 unspecified atom stereocenters. The number of rotatable bonds is 3. The molecule has 29 heavy (non-hydrogen) atoms. The van der Waals surface area contributed by atoms with Gasteiger partial charge in [0.1, 0.15) is 11.3 Å². The summed E-state index contributed by atoms with van der Waals surface area (Å²) in [6, 6.07) is 9.04. The van der Waals surface area contributed by atoms with Crippen molar-refractivity contribution in [3.8, 4) is 0 Å². The fourth-order valence-corrected chi connectivity index (χ4v) is 5.02. The number of nitro benzene ring substituents is 1. The van der Waals surface area contributed by atoms with Crippen LogP contribution in [0.3, 0.4) is 0 Å². The number of pyridine rings is 1. The predicted molar refractivity (Wildman–Crippen MR) is 109 cm³/mol. The van der Waals surface area contributed by atoms with E-state index in [-0.39, 0.29) is 15.8 Å². The minimum atomic E-state index is -4.25. The maximum absolute atomic E-state index is 13.7. The molecule has 0 spiro atoms. The number of hydrogen-bond acceptors (Lipinski definition) is 6. The number of sulfone groups is 1. The highest BCUT2D eigenvalue weighted by Crippen LogP contribution is 2.38. The second-order valence-electron chi connectivity index (χ2n) is 7.76. The normalized spacial score (nSPS) is 12.5. The Morgan fingerprint density at radius 3 is 2.55 bits per heavy atom. The number of fused-ring (bicyclic) bond motifs is 2. The van der Waals surface area contributed by atoms with Gasteiger partial charge in [0.05, 0.1) is 15.3 Å². The zero-order valence-corrected chi connectivity index (χ0v) is 16.8. The number of hydrogen-bond donors (Lipinski definition) is 1. The summed E-state index contributed by atoms with van der Waals surface area (Å²) in [6.07, 6.45) is 3.04. The highest BCUT2D eigenvalue weighted by molar-refractivity contribution is 7.92. The fourth-order valence-electron chi connectivity index (χ4n) is 3.24. The van der Waals surface area contributed by atoms with E-state index in [1.165, 1.54) is 24.4 Å². The summed E-state index contributed by atoms with van der Waals surface area (Å²) in [6.45, 7) is 5.76. The van der Waals surface area contributed by atoms with Crippen molar-refractivity contribution in [1.82, 2.24) is 15.0 Å². The minimum Gasteiger partial charge on any atom is -0.341 e. The molecule has 8 nitrogen and oxygen atoms in total. The van der Waals surface area contributed by atoms with Gasteiger partial charge in [-0.3, -0.25) is 15.1 Å². The first-order chi connectivity index (χ1) is 13.6. The molecule has 1 N–H and O–H groups in total. The van der Waals surface area contributed by atoms with Crippen molar-refractivity contribution in [1.29, 1.82) is 0 Å². The van der Waals surface area contributed by atoms with Crippen molar-refractivity contribution in [3.05, 3.63) is 64.7 Å². The molecular weight excluding hydrogens is 392 g/mol. The van der Waals surface area contributed by atoms with Crippen molar-refractivity contribution in [2.24, 2.45) is 0 Å². The van der Waals surface area contributed by atoms with Crippen LogP contribution in [-0.4, -0.2) is 28.3 Å². The lowest BCUT2D eigenvalue weighted by atomic mass is 9.96. The molecule has 0 aliphatic carbocycles. The summed E-state index contributed by atoms with van der Waals surface area (Å²) in [5, 5.41) is 12.8. The van der Waals surface area contributed by atoms with Crippen LogP contribution >= 0.6 is 0 Å². The molecule has 2 heterocycles. The van der Waals surface area contributed by atoms with Crippen molar-refractivity contribution < 1.29 is 13.3 Å². The standard InChI is InChI=1S/C20H18N4O4S/c1-20(2,3)19-22-14-7-8-15(24(25)26)18(17(14)23-19)29(27,28)16-6-4-5-12-11-21-10-9-13(12)16/h4-11H,1-3H3,(H,22,23). The number of nitrogens with zero attached hydrogens (tertiary/aromatic N) is 3. The Balaban J connectivity index is 2.11. The SMILES string of the molecule is CC(C)(C)c1nc2c(S(=O)(=O)c3cccc4cnccc34)c([N+](=O)[O-])ccc2[nH]1. The summed E-state index contributed by atoms with van der Waals surface area (Å²) in [4.78, 5) is 22.1. The number of aromatic amines is 1. The molecule has 0 saturated carbocycles. The molecule has 0 saturated heterocycles. The molecule has 0 atom stereocenters. The first kappa shape index (κ1) is 19.0. The van der Waals surface area contributed by atoms with E-state index in [4.69, 9.17) is 0 Å². The van der Waals surface area contributed by atoms with E-state index in [0.717, 1.165) is 0 Å². The Labute approximate surface area is 166 Å². The van der Waals surface area contributed by atoms with Gasteiger partial charge in [-0.1, -0.05) is 32.9 Å². The molecule has 4 rings (SSSR count). The van der Waals surface area contributed by atoms with E-state index >= 15 is 0 Å². The van der Waals surface area contributed by atoms with E-state index in [2.05, 4.69) is 15.0 Å². The molecule has 9 heteroatoms. The van der Waals surface area contributed by atoms with Crippen LogP contribution < -0.4 is 0 Å². The summed E-state index contributed by atoms with van der Waals surface area (Å²) in [5.74, 6) is 0.548. The van der Waals surface area contributed by atoms with Crippen LogP contribution in [0.15, 0.2) is 58.6 Å². The molecule has 0 radical (unpaired) electrons. The van der Waals surface area contributed by atoms with Crippen molar-refractivity contribution >= 4 is 37.3 Å². The van der Waals surface area contributed by atoms with Gasteiger partial charge in [0, 0.05) is 34.6 Å². The van der Waals surface area contributed by atoms with Crippen molar-refractivity contribution in [2.45, 2.75) is 36.0 Å². The highest BCUT2D eigenvalue weighted by Gasteiger charge is 2.34. The van der Waals surface area contributed by atoms with E-state index < -0.39 is 25.3 Å². The lowest BCUT2D eigenvalue weighted by Crippen LogP contribution is -2.13. The van der Waals surface area contributed by atoms with Gasteiger partial charge in [0.15, 0.2) is 4.90 Å². The van der Waals surface area contributed by atoms with Gasteiger partial charge in [0.2, 0.25) is 9.84 Å². The maximum atomic E-state index is 13.7. The van der Waals surface area contributed by atoms with Gasteiger partial charge >= 0.3 is 0 Å². The third-order valence-corrected chi connectivity index (χ3v) is 6.57. The van der Waals surface area contributed by atoms with Crippen LogP contribution in [0.5, 0.6) is 0 Å². The van der Waals surface area contributed by atoms with Crippen LogP contribution in [0.25, 0.3) is 21.8 Å². The van der Waals surface area contributed by atoms with Gasteiger partial charge in [-0.05, 0) is 18.2 Å². The Hall–Kier alpha value is -3.33. The number of nitro groups is 1. The second kappa shape index (κ2) is 6.35. The van der Waals surface area contributed by atoms with E-state index in [1.54, 1.807) is 24.4 Å². The topological polar surface area (TPSA) is 119 Å². The van der Waals surface area contributed by atoms with Crippen molar-refractivity contribution in [3.63, 3.8) is 0 Å². The van der Waals surface area contributed by atoms with Crippen LogP contribution in [0, 0.1) is 10.1 Å². The Morgan fingerprint density at radius 2 is 1.86 bits per heavy atom. The molecule has 0 bridgehead atoms. The number of nitrogens with one attached hydrogen (secondary N) is 1. The molecule has 4 aromatic rings. The molecule has 148 valence electrons. The van der Waals surface area contributed by atoms with E-state index in [0.29, 0.717) is 22.1 Å². The third kappa shape index (κ3) is 3.03. The van der Waals surface area contributed by atoms with Gasteiger partial charge in [-0.2, -0.15) is 0 Å². The first-order valence-electron chi connectivity index (χ1n) is 8.86. The van der Waals surface area contributed by atoms with Gasteiger partial charge in [-0.15, -0.1) is 0 Å². The summed E-state index contributed by atoms with van der Waals surface area (Å²) >= 11 is 0. The monoisotopic (exact) mass is 410 g/mol. The maximum Gasteiger partial charge on any atom is 0.290 e. The molecule has 0 aliphatic rings. The largest absolute Gasteiger partial charge is 0.341 e. The smallest absolute Gasteiger partial charge is 0.290 e. The van der Waals surface area contributed by atoms with Crippen LogP contribution in [0.1, 0.15) is 26.6 Å². The molecule has 0 amide bonds. The summed E-state index contributed by atoms with van der Waals surface area (Å²) in [5.41, 5.74) is -0.397. The van der Waals surface area contributed by atoms with Crippen molar-refractivity contribution in [2.75, 3.05) is 0 Å². The third-order valence-electron chi connectivity index (χ3n) is 4.69. The van der Waals surface area contributed by atoms with E-state index in [1.807, 2.05) is 20.8 Å². The van der Waals surface area contributed by atoms with E-state index in [9.17, 15) is 18.5 Å². The average Bonchev–Trinajstić information content (AvgIpc) is 3.11. The van der Waals surface area contributed by atoms with Gasteiger partial charge in [0.25, 0.3) is 5.69 Å². The number of benzene rings is 2. The predicted octanol–water partition coefficient (Wildman–Crippen LogP) is 4.15. The summed E-state index contributed by atoms with van der Waals surface area (Å²) in [7, 11) is -4.25. The summed E-state index contributed by atoms with van der Waals surface area (Å²) < 4.78 is 27.3. The van der Waals surface area contributed by atoms with Gasteiger partial charge in [-0.25, -0.2) is 13.4 Å². The van der Waals surface area contributed by atoms with Gasteiger partial charge < -0.3 is 4.98 Å². The van der Waals surface area contributed by atoms with Crippen LogP contribution in [0.2, 0.25) is 0 Å². The number of aromatic nitrogens is 3. The average molecular weight is 410 g/mol. The lowest BCUT2D eigenvalue weighted by molar-refractivity contribution is -0.387. The molecule has 2 aromatic carbocycles. The first-order valence-corrected chi connectivity index (χ1v) is 10.3. The lowest BCUT2D eigenvalue weighted by Gasteiger charge is -2.13. The zero-order chi connectivity index (χ0) is 21.0. The minimum absolute atomic E-state index is 0.0201. The quantitative estimate of drug-likeness (QED) is 0.400. The molecule has 0 aliphatic heterocycles. The second-order valence-corrected chi connectivity index (χ2v) is 9.61.